The number of hydrogen-bond donors (Lipinski definition) is 2. The molecule has 108 valence electrons. The highest BCUT2D eigenvalue weighted by molar-refractivity contribution is 7.93. The molecule has 1 aromatic carbocycles. The third-order valence-electron chi connectivity index (χ3n) is 3.00. The minimum Gasteiger partial charge on any atom is -0.384 e. The summed E-state index contributed by atoms with van der Waals surface area (Å²) in [5, 5.41) is -0.567. The lowest BCUT2D eigenvalue weighted by Gasteiger charge is -2.17. The van der Waals surface area contributed by atoms with Crippen LogP contribution in [-0.2, 0) is 21.2 Å². The Hall–Kier alpha value is -1.11. The quantitative estimate of drug-likeness (QED) is 0.756. The van der Waals surface area contributed by atoms with Crippen LogP contribution >= 0.6 is 0 Å². The van der Waals surface area contributed by atoms with Gasteiger partial charge in [0, 0.05) is 13.7 Å². The predicted octanol–water partition coefficient (Wildman–Crippen LogP) is 1.35. The van der Waals surface area contributed by atoms with Gasteiger partial charge in [-0.1, -0.05) is 25.1 Å². The molecule has 0 aliphatic heterocycles. The molecule has 0 saturated carbocycles. The zero-order chi connectivity index (χ0) is 14.3. The number of ether oxygens (including phenoxy) is 1. The van der Waals surface area contributed by atoms with Crippen LogP contribution in [0.25, 0.3) is 0 Å². The first-order chi connectivity index (χ1) is 9.05. The molecule has 1 rings (SSSR count). The predicted molar refractivity (Wildman–Crippen MR) is 77.7 cm³/mol. The highest BCUT2D eigenvalue weighted by Crippen LogP contribution is 2.19. The van der Waals surface area contributed by atoms with Crippen LogP contribution in [0.1, 0.15) is 18.9 Å². The maximum atomic E-state index is 12.2. The van der Waals surface area contributed by atoms with Crippen LogP contribution in [0.5, 0.6) is 0 Å². The molecule has 0 amide bonds. The smallest absolute Gasteiger partial charge is 0.236 e. The summed E-state index contributed by atoms with van der Waals surface area (Å²) in [6.45, 7) is 2.48. The Morgan fingerprint density at radius 3 is 2.63 bits per heavy atom. The molecule has 0 spiro atoms. The number of rotatable bonds is 8. The van der Waals surface area contributed by atoms with Crippen molar-refractivity contribution < 1.29 is 13.2 Å². The fourth-order valence-corrected chi connectivity index (χ4v) is 3.16. The van der Waals surface area contributed by atoms with Gasteiger partial charge in [-0.2, -0.15) is 0 Å². The van der Waals surface area contributed by atoms with Crippen LogP contribution in [0.15, 0.2) is 24.3 Å². The van der Waals surface area contributed by atoms with Gasteiger partial charge in [0.05, 0.1) is 17.5 Å². The van der Waals surface area contributed by atoms with Gasteiger partial charge in [0.1, 0.15) is 0 Å². The normalized spacial score (nSPS) is 13.2. The monoisotopic (exact) mass is 286 g/mol. The van der Waals surface area contributed by atoms with Crippen molar-refractivity contribution in [3.8, 4) is 0 Å². The van der Waals surface area contributed by atoms with E-state index in [9.17, 15) is 8.42 Å². The third kappa shape index (κ3) is 4.49. The molecule has 0 heterocycles. The van der Waals surface area contributed by atoms with Crippen LogP contribution in [0.3, 0.4) is 0 Å². The van der Waals surface area contributed by atoms with Gasteiger partial charge in [-0.25, -0.2) is 8.42 Å². The molecule has 1 atom stereocenters. The van der Waals surface area contributed by atoms with Crippen molar-refractivity contribution in [1.82, 2.24) is 0 Å². The van der Waals surface area contributed by atoms with E-state index in [-0.39, 0.29) is 6.54 Å². The molecule has 0 radical (unpaired) electrons. The highest BCUT2D eigenvalue weighted by atomic mass is 32.2. The molecule has 0 aliphatic carbocycles. The maximum Gasteiger partial charge on any atom is 0.236 e. The average molecular weight is 286 g/mol. The lowest BCUT2D eigenvalue weighted by Crippen LogP contribution is -2.34. The summed E-state index contributed by atoms with van der Waals surface area (Å²) in [5.41, 5.74) is 7.02. The summed E-state index contributed by atoms with van der Waals surface area (Å²) in [5.74, 6) is 0. The van der Waals surface area contributed by atoms with E-state index < -0.39 is 15.3 Å². The summed E-state index contributed by atoms with van der Waals surface area (Å²) in [6.07, 6.45) is 1.15. The maximum absolute atomic E-state index is 12.2. The van der Waals surface area contributed by atoms with Crippen molar-refractivity contribution in [3.05, 3.63) is 29.8 Å². The van der Waals surface area contributed by atoms with E-state index >= 15 is 0 Å². The highest BCUT2D eigenvalue weighted by Gasteiger charge is 2.22. The van der Waals surface area contributed by atoms with Crippen LogP contribution in [-0.4, -0.2) is 33.9 Å². The third-order valence-corrected chi connectivity index (χ3v) is 4.91. The second-order valence-electron chi connectivity index (χ2n) is 4.31. The summed E-state index contributed by atoms with van der Waals surface area (Å²) in [7, 11) is -1.82. The van der Waals surface area contributed by atoms with Crippen molar-refractivity contribution in [2.45, 2.75) is 25.0 Å². The summed E-state index contributed by atoms with van der Waals surface area (Å²) in [6, 6.07) is 7.33. The Bertz CT molecular complexity index is 484. The number of methoxy groups -OCH3 is 1. The van der Waals surface area contributed by atoms with E-state index in [1.165, 1.54) is 0 Å². The van der Waals surface area contributed by atoms with Crippen LogP contribution < -0.4 is 10.5 Å². The Kier molecular flexibility index (Phi) is 6.27. The molecule has 6 heteroatoms. The van der Waals surface area contributed by atoms with E-state index in [0.717, 1.165) is 5.56 Å². The van der Waals surface area contributed by atoms with E-state index in [1.807, 2.05) is 19.1 Å². The molecule has 0 bridgehead atoms. The lowest BCUT2D eigenvalue weighted by atomic mass is 10.1. The molecule has 0 aromatic heterocycles. The van der Waals surface area contributed by atoms with E-state index in [1.54, 1.807) is 19.2 Å². The van der Waals surface area contributed by atoms with Gasteiger partial charge in [0.25, 0.3) is 0 Å². The van der Waals surface area contributed by atoms with E-state index in [2.05, 4.69) is 4.72 Å². The van der Waals surface area contributed by atoms with Gasteiger partial charge in [0.2, 0.25) is 10.0 Å². The Labute approximate surface area is 115 Å². The van der Waals surface area contributed by atoms with Gasteiger partial charge < -0.3 is 10.5 Å². The number of nitrogens with two attached hydrogens (primary N) is 1. The molecular formula is C13H22N2O3S. The standard InChI is InChI=1S/C13H22N2O3S/c1-3-12(10-14)19(16,17)15-13-7-5-4-6-11(13)8-9-18-2/h4-7,12,15H,3,8-10,14H2,1-2H3. The average Bonchev–Trinajstić information content (AvgIpc) is 2.38. The second-order valence-corrected chi connectivity index (χ2v) is 6.27. The summed E-state index contributed by atoms with van der Waals surface area (Å²) in [4.78, 5) is 0. The number of hydrogen-bond acceptors (Lipinski definition) is 4. The molecule has 19 heavy (non-hydrogen) atoms. The van der Waals surface area contributed by atoms with Crippen LogP contribution in [0.4, 0.5) is 5.69 Å². The zero-order valence-electron chi connectivity index (χ0n) is 11.4. The van der Waals surface area contributed by atoms with Crippen molar-refractivity contribution in [2.24, 2.45) is 5.73 Å². The largest absolute Gasteiger partial charge is 0.384 e. The van der Waals surface area contributed by atoms with Crippen molar-refractivity contribution in [2.75, 3.05) is 25.0 Å². The SMILES string of the molecule is CCC(CN)S(=O)(=O)Nc1ccccc1CCOC. The molecule has 0 aliphatic rings. The first-order valence-corrected chi connectivity index (χ1v) is 7.88. The molecule has 5 nitrogen and oxygen atoms in total. The molecular weight excluding hydrogens is 264 g/mol. The van der Waals surface area contributed by atoms with Crippen LogP contribution in [0.2, 0.25) is 0 Å². The van der Waals surface area contributed by atoms with E-state index in [4.69, 9.17) is 10.5 Å². The first kappa shape index (κ1) is 15.9. The van der Waals surface area contributed by atoms with Gasteiger partial charge in [0.15, 0.2) is 0 Å². The van der Waals surface area contributed by atoms with Crippen molar-refractivity contribution in [1.29, 1.82) is 0 Å². The Morgan fingerprint density at radius 2 is 2.05 bits per heavy atom. The summed E-state index contributed by atoms with van der Waals surface area (Å²) >= 11 is 0. The lowest BCUT2D eigenvalue weighted by molar-refractivity contribution is 0.202. The molecule has 3 N–H and O–H groups in total. The number of para-hydroxylation sites is 1. The fraction of sp³-hybridized carbons (Fsp3) is 0.538. The Morgan fingerprint density at radius 1 is 1.37 bits per heavy atom. The van der Waals surface area contributed by atoms with Gasteiger partial charge in [-0.15, -0.1) is 0 Å². The molecule has 0 fully saturated rings. The van der Waals surface area contributed by atoms with Crippen molar-refractivity contribution >= 4 is 15.7 Å². The fourth-order valence-electron chi connectivity index (χ4n) is 1.80. The molecule has 1 aromatic rings. The second kappa shape index (κ2) is 7.47. The minimum atomic E-state index is -3.44. The minimum absolute atomic E-state index is 0.117. The first-order valence-electron chi connectivity index (χ1n) is 6.33. The number of nitrogens with one attached hydrogen (secondary N) is 1. The van der Waals surface area contributed by atoms with Crippen LogP contribution in [0, 0.1) is 0 Å². The number of benzene rings is 1. The zero-order valence-corrected chi connectivity index (χ0v) is 12.2. The molecule has 0 saturated heterocycles. The van der Waals surface area contributed by atoms with Gasteiger partial charge in [-0.05, 0) is 24.5 Å². The van der Waals surface area contributed by atoms with Crippen molar-refractivity contribution in [3.63, 3.8) is 0 Å². The van der Waals surface area contributed by atoms with Gasteiger partial charge >= 0.3 is 0 Å². The Balaban J connectivity index is 2.92. The topological polar surface area (TPSA) is 81.4 Å². The van der Waals surface area contributed by atoms with E-state index in [0.29, 0.717) is 25.1 Å². The van der Waals surface area contributed by atoms with Gasteiger partial charge in [-0.3, -0.25) is 4.72 Å². The number of sulfonamides is 1. The summed E-state index contributed by atoms with van der Waals surface area (Å²) < 4.78 is 32.0. The molecule has 1 unspecified atom stereocenters. The number of anilines is 1.